The number of ether oxygens (including phenoxy) is 1. The molecular weight excluding hydrogens is 228 g/mol. The molecule has 0 unspecified atom stereocenters. The van der Waals surface area contributed by atoms with E-state index in [1.54, 1.807) is 19.1 Å². The lowest BCUT2D eigenvalue weighted by atomic mass is 10.2. The van der Waals surface area contributed by atoms with Crippen LogP contribution in [0.3, 0.4) is 0 Å². The summed E-state index contributed by atoms with van der Waals surface area (Å²) in [5, 5.41) is 0. The van der Waals surface area contributed by atoms with Gasteiger partial charge in [0, 0.05) is 6.42 Å². The Bertz CT molecular complexity index is 477. The van der Waals surface area contributed by atoms with Crippen LogP contribution < -0.4 is 4.74 Å². The third-order valence-corrected chi connectivity index (χ3v) is 3.98. The van der Waals surface area contributed by atoms with Crippen LogP contribution in [0, 0.1) is 6.92 Å². The van der Waals surface area contributed by atoms with Crippen molar-refractivity contribution < 1.29 is 17.9 Å². The van der Waals surface area contributed by atoms with Gasteiger partial charge >= 0.3 is 0 Å². The van der Waals surface area contributed by atoms with Gasteiger partial charge in [0.25, 0.3) is 0 Å². The van der Waals surface area contributed by atoms with Crippen LogP contribution in [0.5, 0.6) is 5.75 Å². The number of aldehydes is 1. The lowest BCUT2D eigenvalue weighted by Gasteiger charge is -2.07. The second-order valence-corrected chi connectivity index (χ2v) is 5.51. The SMILES string of the molecule is COc1ccc(S(=O)(=O)CCC=O)cc1C. The predicted molar refractivity (Wildman–Crippen MR) is 60.5 cm³/mol. The highest BCUT2D eigenvalue weighted by Gasteiger charge is 2.14. The van der Waals surface area contributed by atoms with Gasteiger partial charge in [-0.3, -0.25) is 0 Å². The Kier molecular flexibility index (Phi) is 4.06. The van der Waals surface area contributed by atoms with Gasteiger partial charge in [-0.05, 0) is 30.7 Å². The standard InChI is InChI=1S/C11H14O4S/c1-9-8-10(4-5-11(9)15-2)16(13,14)7-3-6-12/h4-6,8H,3,7H2,1-2H3. The summed E-state index contributed by atoms with van der Waals surface area (Å²) in [5.41, 5.74) is 0.759. The van der Waals surface area contributed by atoms with E-state index < -0.39 is 9.84 Å². The van der Waals surface area contributed by atoms with E-state index in [2.05, 4.69) is 0 Å². The number of benzene rings is 1. The molecule has 16 heavy (non-hydrogen) atoms. The smallest absolute Gasteiger partial charge is 0.178 e. The van der Waals surface area contributed by atoms with Crippen LogP contribution in [0.2, 0.25) is 0 Å². The summed E-state index contributed by atoms with van der Waals surface area (Å²) in [6.07, 6.45) is 0.626. The van der Waals surface area contributed by atoms with Crippen LogP contribution in [-0.4, -0.2) is 27.6 Å². The van der Waals surface area contributed by atoms with Crippen molar-refractivity contribution in [3.05, 3.63) is 23.8 Å². The van der Waals surface area contributed by atoms with Crippen LogP contribution in [0.15, 0.2) is 23.1 Å². The normalized spacial score (nSPS) is 11.1. The second kappa shape index (κ2) is 5.12. The zero-order valence-corrected chi connectivity index (χ0v) is 10.1. The van der Waals surface area contributed by atoms with Gasteiger partial charge in [0.1, 0.15) is 12.0 Å². The highest BCUT2D eigenvalue weighted by Crippen LogP contribution is 2.22. The molecule has 0 aromatic heterocycles. The van der Waals surface area contributed by atoms with Crippen molar-refractivity contribution in [1.29, 1.82) is 0 Å². The minimum Gasteiger partial charge on any atom is -0.496 e. The Balaban J connectivity index is 3.05. The van der Waals surface area contributed by atoms with Gasteiger partial charge in [-0.15, -0.1) is 0 Å². The van der Waals surface area contributed by atoms with E-state index in [4.69, 9.17) is 4.74 Å². The molecule has 1 aromatic rings. The monoisotopic (exact) mass is 242 g/mol. The highest BCUT2D eigenvalue weighted by molar-refractivity contribution is 7.91. The lowest BCUT2D eigenvalue weighted by molar-refractivity contribution is -0.107. The molecule has 5 heteroatoms. The van der Waals surface area contributed by atoms with Gasteiger partial charge in [0.05, 0.1) is 17.8 Å². The van der Waals surface area contributed by atoms with Crippen molar-refractivity contribution in [2.75, 3.05) is 12.9 Å². The molecular formula is C11H14O4S. The number of aryl methyl sites for hydroxylation is 1. The predicted octanol–water partition coefficient (Wildman–Crippen LogP) is 1.37. The van der Waals surface area contributed by atoms with Crippen molar-refractivity contribution in [3.8, 4) is 5.75 Å². The van der Waals surface area contributed by atoms with Crippen LogP contribution >= 0.6 is 0 Å². The van der Waals surface area contributed by atoms with Gasteiger partial charge in [-0.25, -0.2) is 8.42 Å². The average molecular weight is 242 g/mol. The number of methoxy groups -OCH3 is 1. The maximum atomic E-state index is 11.7. The van der Waals surface area contributed by atoms with E-state index in [-0.39, 0.29) is 17.1 Å². The summed E-state index contributed by atoms with van der Waals surface area (Å²) in [6.45, 7) is 1.78. The first-order valence-electron chi connectivity index (χ1n) is 4.82. The molecule has 0 N–H and O–H groups in total. The molecule has 0 aliphatic rings. The molecule has 0 spiro atoms. The van der Waals surface area contributed by atoms with Crippen LogP contribution in [-0.2, 0) is 14.6 Å². The number of hydrogen-bond donors (Lipinski definition) is 0. The fourth-order valence-electron chi connectivity index (χ4n) is 1.37. The van der Waals surface area contributed by atoms with Gasteiger partial charge < -0.3 is 9.53 Å². The van der Waals surface area contributed by atoms with Crippen LogP contribution in [0.4, 0.5) is 0 Å². The van der Waals surface area contributed by atoms with E-state index in [1.165, 1.54) is 13.2 Å². The molecule has 0 bridgehead atoms. The Morgan fingerprint density at radius 2 is 2.06 bits per heavy atom. The van der Waals surface area contributed by atoms with Crippen molar-refractivity contribution in [2.45, 2.75) is 18.2 Å². The molecule has 0 saturated carbocycles. The zero-order valence-electron chi connectivity index (χ0n) is 9.26. The number of sulfone groups is 1. The van der Waals surface area contributed by atoms with E-state index in [0.29, 0.717) is 12.0 Å². The second-order valence-electron chi connectivity index (χ2n) is 3.41. The van der Waals surface area contributed by atoms with Crippen LogP contribution in [0.25, 0.3) is 0 Å². The Hall–Kier alpha value is -1.36. The fourth-order valence-corrected chi connectivity index (χ4v) is 2.64. The number of carbonyl (C=O) groups is 1. The highest BCUT2D eigenvalue weighted by atomic mass is 32.2. The molecule has 1 aromatic carbocycles. The maximum Gasteiger partial charge on any atom is 0.178 e. The summed E-state index contributed by atoms with van der Waals surface area (Å²) in [5.74, 6) is 0.497. The van der Waals surface area contributed by atoms with Crippen molar-refractivity contribution in [2.24, 2.45) is 0 Å². The van der Waals surface area contributed by atoms with Crippen molar-refractivity contribution in [3.63, 3.8) is 0 Å². The third kappa shape index (κ3) is 2.82. The van der Waals surface area contributed by atoms with E-state index in [0.717, 1.165) is 5.56 Å². The van der Waals surface area contributed by atoms with Crippen molar-refractivity contribution >= 4 is 16.1 Å². The maximum absolute atomic E-state index is 11.7. The van der Waals surface area contributed by atoms with Crippen LogP contribution in [0.1, 0.15) is 12.0 Å². The topological polar surface area (TPSA) is 60.4 Å². The lowest BCUT2D eigenvalue weighted by Crippen LogP contribution is -2.07. The first kappa shape index (κ1) is 12.7. The number of carbonyl (C=O) groups excluding carboxylic acids is 1. The largest absolute Gasteiger partial charge is 0.496 e. The summed E-state index contributed by atoms with van der Waals surface area (Å²) >= 11 is 0. The van der Waals surface area contributed by atoms with Gasteiger partial charge in [0.2, 0.25) is 0 Å². The molecule has 88 valence electrons. The van der Waals surface area contributed by atoms with E-state index in [1.807, 2.05) is 0 Å². The molecule has 0 fully saturated rings. The van der Waals surface area contributed by atoms with Crippen molar-refractivity contribution in [1.82, 2.24) is 0 Å². The zero-order chi connectivity index (χ0) is 12.2. The molecule has 0 atom stereocenters. The Labute approximate surface area is 95.2 Å². The van der Waals surface area contributed by atoms with E-state index >= 15 is 0 Å². The number of hydrogen-bond acceptors (Lipinski definition) is 4. The summed E-state index contributed by atoms with van der Waals surface area (Å²) in [7, 11) is -1.83. The molecule has 0 aliphatic heterocycles. The molecule has 0 aliphatic carbocycles. The first-order chi connectivity index (χ1) is 7.51. The molecule has 0 amide bonds. The minimum absolute atomic E-state index is 0.0212. The van der Waals surface area contributed by atoms with Gasteiger partial charge in [-0.1, -0.05) is 0 Å². The van der Waals surface area contributed by atoms with E-state index in [9.17, 15) is 13.2 Å². The average Bonchev–Trinajstić information content (AvgIpc) is 2.26. The summed E-state index contributed by atoms with van der Waals surface area (Å²) in [4.78, 5) is 10.4. The van der Waals surface area contributed by atoms with Gasteiger partial charge in [0.15, 0.2) is 9.84 Å². The fraction of sp³-hybridized carbons (Fsp3) is 0.364. The molecule has 0 saturated heterocycles. The number of rotatable bonds is 5. The molecule has 4 nitrogen and oxygen atoms in total. The third-order valence-electron chi connectivity index (χ3n) is 2.23. The summed E-state index contributed by atoms with van der Waals surface area (Å²) < 4.78 is 28.5. The molecule has 0 radical (unpaired) electrons. The Morgan fingerprint density at radius 3 is 2.56 bits per heavy atom. The minimum atomic E-state index is -3.36. The summed E-state index contributed by atoms with van der Waals surface area (Å²) in [6, 6.07) is 4.66. The first-order valence-corrected chi connectivity index (χ1v) is 6.47. The Morgan fingerprint density at radius 1 is 1.38 bits per heavy atom. The molecule has 0 heterocycles. The quantitative estimate of drug-likeness (QED) is 0.732. The molecule has 1 rings (SSSR count). The van der Waals surface area contributed by atoms with Gasteiger partial charge in [-0.2, -0.15) is 0 Å².